The van der Waals surface area contributed by atoms with E-state index in [1.807, 2.05) is 32.0 Å². The lowest BCUT2D eigenvalue weighted by Crippen LogP contribution is -2.32. The highest BCUT2D eigenvalue weighted by Crippen LogP contribution is 2.15. The topological polar surface area (TPSA) is 48.9 Å². The van der Waals surface area contributed by atoms with Crippen LogP contribution in [0.1, 0.15) is 6.92 Å². The van der Waals surface area contributed by atoms with Gasteiger partial charge in [-0.1, -0.05) is 0 Å². The Labute approximate surface area is 90.5 Å². The van der Waals surface area contributed by atoms with Crippen LogP contribution in [0, 0.1) is 0 Å². The van der Waals surface area contributed by atoms with Crippen LogP contribution >= 0.6 is 0 Å². The molecule has 0 radical (unpaired) electrons. The first kappa shape index (κ1) is 11.6. The molecule has 15 heavy (non-hydrogen) atoms. The maximum Gasteiger partial charge on any atom is 0.109 e. The quantitative estimate of drug-likeness (QED) is 0.522. The van der Waals surface area contributed by atoms with Gasteiger partial charge in [0.2, 0.25) is 0 Å². The predicted molar refractivity (Wildman–Crippen MR) is 61.1 cm³/mol. The Kier molecular flexibility index (Phi) is 4.17. The lowest BCUT2D eigenvalue weighted by molar-refractivity contribution is 0.157. The van der Waals surface area contributed by atoms with Gasteiger partial charge in [-0.15, -0.1) is 0 Å². The van der Waals surface area contributed by atoms with E-state index in [0.29, 0.717) is 0 Å². The average molecular weight is 210 g/mol. The average Bonchev–Trinajstić information content (AvgIpc) is 2.20. The van der Waals surface area contributed by atoms with Crippen molar-refractivity contribution in [3.63, 3.8) is 0 Å². The highest BCUT2D eigenvalue weighted by molar-refractivity contribution is 5.61. The Morgan fingerprint density at radius 3 is 2.93 bits per heavy atom. The minimum atomic E-state index is 0.0389. The van der Waals surface area contributed by atoms with Crippen molar-refractivity contribution in [1.29, 1.82) is 0 Å². The fourth-order valence-corrected chi connectivity index (χ4v) is 1.40. The summed E-state index contributed by atoms with van der Waals surface area (Å²) >= 11 is 0. The van der Waals surface area contributed by atoms with Crippen molar-refractivity contribution in [2.45, 2.75) is 13.0 Å². The normalized spacial score (nSPS) is 20.7. The predicted octanol–water partition coefficient (Wildman–Crippen LogP) is 0.444. The molecule has 1 unspecified atom stereocenters. The minimum Gasteiger partial charge on any atom is -0.417 e. The molecular formula is C10H18N4O. The Balaban J connectivity index is 2.73. The monoisotopic (exact) mass is 210 g/mol. The molecule has 0 saturated carbocycles. The molecule has 0 aromatic rings. The van der Waals surface area contributed by atoms with Crippen LogP contribution in [0.5, 0.6) is 0 Å². The maximum absolute atomic E-state index is 4.92. The highest BCUT2D eigenvalue weighted by atomic mass is 16.6. The van der Waals surface area contributed by atoms with Gasteiger partial charge in [-0.25, -0.2) is 0 Å². The van der Waals surface area contributed by atoms with Gasteiger partial charge in [0.15, 0.2) is 0 Å². The molecule has 2 N–H and O–H groups in total. The van der Waals surface area contributed by atoms with E-state index in [9.17, 15) is 0 Å². The van der Waals surface area contributed by atoms with Crippen LogP contribution in [0.2, 0.25) is 0 Å². The van der Waals surface area contributed by atoms with Gasteiger partial charge in [-0.05, 0) is 18.6 Å². The van der Waals surface area contributed by atoms with Gasteiger partial charge in [-0.2, -0.15) is 5.48 Å². The molecular weight excluding hydrogens is 192 g/mol. The van der Waals surface area contributed by atoms with Gasteiger partial charge in [0.05, 0.1) is 12.4 Å². The zero-order valence-electron chi connectivity index (χ0n) is 9.61. The summed E-state index contributed by atoms with van der Waals surface area (Å²) in [4.78, 5) is 11.2. The standard InChI is InChI=1S/C10H18N4O/c1-8-9(5-6-15-11-2)12-7-13-10(8)14(3)4/h5-7,9,11H,1-4H3,(H,12,13)/b6-5+. The maximum atomic E-state index is 4.92. The van der Waals surface area contributed by atoms with E-state index in [1.165, 1.54) is 5.57 Å². The molecule has 0 fully saturated rings. The smallest absolute Gasteiger partial charge is 0.109 e. The van der Waals surface area contributed by atoms with Gasteiger partial charge in [-0.3, -0.25) is 4.99 Å². The van der Waals surface area contributed by atoms with Crippen molar-refractivity contribution >= 4 is 6.34 Å². The summed E-state index contributed by atoms with van der Waals surface area (Å²) in [6.45, 7) is 2.05. The molecule has 84 valence electrons. The number of nitrogens with one attached hydrogen (secondary N) is 2. The number of hydroxylamine groups is 1. The van der Waals surface area contributed by atoms with Crippen molar-refractivity contribution in [1.82, 2.24) is 15.7 Å². The second-order valence-electron chi connectivity index (χ2n) is 3.44. The molecule has 5 heteroatoms. The molecule has 1 rings (SSSR count). The second kappa shape index (κ2) is 5.41. The van der Waals surface area contributed by atoms with Crippen molar-refractivity contribution in [2.24, 2.45) is 4.99 Å². The number of rotatable bonds is 4. The van der Waals surface area contributed by atoms with Gasteiger partial charge < -0.3 is 15.1 Å². The number of hydrogen-bond acceptors (Lipinski definition) is 5. The Bertz CT molecular complexity index is 294. The van der Waals surface area contributed by atoms with Crippen LogP contribution in [-0.2, 0) is 4.84 Å². The van der Waals surface area contributed by atoms with Crippen LogP contribution in [-0.4, -0.2) is 38.4 Å². The molecule has 0 aliphatic carbocycles. The van der Waals surface area contributed by atoms with Crippen LogP contribution < -0.4 is 10.8 Å². The summed E-state index contributed by atoms with van der Waals surface area (Å²) in [5, 5.41) is 3.11. The van der Waals surface area contributed by atoms with Crippen molar-refractivity contribution in [3.05, 3.63) is 23.7 Å². The third kappa shape index (κ3) is 2.99. The molecule has 1 heterocycles. The summed E-state index contributed by atoms with van der Waals surface area (Å²) in [7, 11) is 5.70. The fraction of sp³-hybridized carbons (Fsp3) is 0.500. The van der Waals surface area contributed by atoms with Crippen molar-refractivity contribution < 1.29 is 4.84 Å². The third-order valence-corrected chi connectivity index (χ3v) is 2.15. The van der Waals surface area contributed by atoms with Gasteiger partial charge in [0, 0.05) is 21.1 Å². The van der Waals surface area contributed by atoms with E-state index in [-0.39, 0.29) is 6.04 Å². The van der Waals surface area contributed by atoms with Crippen LogP contribution in [0.15, 0.2) is 28.7 Å². The molecule has 0 bridgehead atoms. The molecule has 0 saturated heterocycles. The van der Waals surface area contributed by atoms with Gasteiger partial charge in [0.25, 0.3) is 0 Å². The summed E-state index contributed by atoms with van der Waals surface area (Å²) in [5.41, 5.74) is 3.74. The highest BCUT2D eigenvalue weighted by Gasteiger charge is 2.15. The first-order chi connectivity index (χ1) is 7.16. The number of hydrogen-bond donors (Lipinski definition) is 2. The van der Waals surface area contributed by atoms with E-state index >= 15 is 0 Å². The van der Waals surface area contributed by atoms with Crippen molar-refractivity contribution in [3.8, 4) is 0 Å². The van der Waals surface area contributed by atoms with Gasteiger partial charge in [0.1, 0.15) is 12.1 Å². The second-order valence-corrected chi connectivity index (χ2v) is 3.44. The molecule has 0 aromatic carbocycles. The Morgan fingerprint density at radius 1 is 1.60 bits per heavy atom. The van der Waals surface area contributed by atoms with E-state index in [1.54, 1.807) is 19.6 Å². The lowest BCUT2D eigenvalue weighted by Gasteiger charge is -2.25. The SMILES string of the molecule is CNO/C=C/C1N=CNC(N(C)C)=C1C. The van der Waals surface area contributed by atoms with Crippen LogP contribution in [0.3, 0.4) is 0 Å². The summed E-state index contributed by atoms with van der Waals surface area (Å²) in [6, 6.07) is 0.0389. The first-order valence-electron chi connectivity index (χ1n) is 4.82. The molecule has 0 aromatic heterocycles. The summed E-state index contributed by atoms with van der Waals surface area (Å²) in [6.07, 6.45) is 5.20. The molecule has 1 aliphatic heterocycles. The van der Waals surface area contributed by atoms with E-state index in [0.717, 1.165) is 5.82 Å². The zero-order chi connectivity index (χ0) is 11.3. The van der Waals surface area contributed by atoms with E-state index < -0.39 is 0 Å². The molecule has 1 atom stereocenters. The van der Waals surface area contributed by atoms with E-state index in [4.69, 9.17) is 4.84 Å². The Hall–Kier alpha value is -1.49. The van der Waals surface area contributed by atoms with Crippen LogP contribution in [0.4, 0.5) is 0 Å². The van der Waals surface area contributed by atoms with E-state index in [2.05, 4.69) is 15.8 Å². The van der Waals surface area contributed by atoms with Crippen molar-refractivity contribution in [2.75, 3.05) is 21.1 Å². The Morgan fingerprint density at radius 2 is 2.33 bits per heavy atom. The number of nitrogens with zero attached hydrogens (tertiary/aromatic N) is 2. The molecule has 5 nitrogen and oxygen atoms in total. The lowest BCUT2D eigenvalue weighted by atomic mass is 10.1. The zero-order valence-corrected chi connectivity index (χ0v) is 9.61. The third-order valence-electron chi connectivity index (χ3n) is 2.15. The fourth-order valence-electron chi connectivity index (χ4n) is 1.40. The summed E-state index contributed by atoms with van der Waals surface area (Å²) in [5.74, 6) is 1.07. The van der Waals surface area contributed by atoms with Gasteiger partial charge >= 0.3 is 0 Å². The summed E-state index contributed by atoms with van der Waals surface area (Å²) < 4.78 is 0. The molecule has 1 aliphatic rings. The molecule has 0 amide bonds. The largest absolute Gasteiger partial charge is 0.417 e. The minimum absolute atomic E-state index is 0.0389. The van der Waals surface area contributed by atoms with Crippen LogP contribution in [0.25, 0.3) is 0 Å². The first-order valence-corrected chi connectivity index (χ1v) is 4.82. The number of aliphatic imine (C=N–C) groups is 1. The molecule has 0 spiro atoms.